The third-order valence-electron chi connectivity index (χ3n) is 4.80. The molecule has 0 aliphatic rings. The van der Waals surface area contributed by atoms with Crippen molar-refractivity contribution >= 4 is 27.6 Å². The highest BCUT2D eigenvalue weighted by Gasteiger charge is 2.20. The minimum absolute atomic E-state index is 0.0439. The van der Waals surface area contributed by atoms with E-state index in [1.165, 1.54) is 30.3 Å². The van der Waals surface area contributed by atoms with E-state index < -0.39 is 28.5 Å². The molecule has 0 saturated heterocycles. The topological polar surface area (TPSA) is 122 Å². The van der Waals surface area contributed by atoms with Gasteiger partial charge >= 0.3 is 5.97 Å². The van der Waals surface area contributed by atoms with Crippen molar-refractivity contribution in [1.82, 2.24) is 5.32 Å². The Labute approximate surface area is 192 Å². The van der Waals surface area contributed by atoms with Crippen LogP contribution in [0.1, 0.15) is 27.0 Å². The third kappa shape index (κ3) is 6.33. The summed E-state index contributed by atoms with van der Waals surface area (Å²) in [6.07, 6.45) is 0. The summed E-state index contributed by atoms with van der Waals surface area (Å²) in [7, 11) is -4.01. The fourth-order valence-corrected chi connectivity index (χ4v) is 4.21. The number of nitrogens with one attached hydrogen (secondary N) is 2. The maximum Gasteiger partial charge on any atom is 0.341 e. The minimum atomic E-state index is -4.01. The van der Waals surface area contributed by atoms with Crippen molar-refractivity contribution < 1.29 is 27.9 Å². The van der Waals surface area contributed by atoms with E-state index in [1.807, 2.05) is 31.2 Å². The smallest absolute Gasteiger partial charge is 0.341 e. The number of carboxylic acid groups (broad SMARTS) is 1. The van der Waals surface area contributed by atoms with Gasteiger partial charge in [-0.15, -0.1) is 0 Å². The number of rotatable bonds is 9. The molecule has 3 rings (SSSR count). The van der Waals surface area contributed by atoms with Crippen molar-refractivity contribution in [2.45, 2.75) is 25.3 Å². The zero-order chi connectivity index (χ0) is 24.0. The largest absolute Gasteiger partial charge is 0.482 e. The molecule has 3 N–H and O–H groups in total. The van der Waals surface area contributed by atoms with Gasteiger partial charge in [-0.05, 0) is 55.3 Å². The lowest BCUT2D eigenvalue weighted by atomic mass is 10.1. The average molecular weight is 469 g/mol. The molecule has 172 valence electrons. The molecular formula is C24H24N2O6S. The van der Waals surface area contributed by atoms with Gasteiger partial charge in [-0.3, -0.25) is 9.52 Å². The van der Waals surface area contributed by atoms with Crippen LogP contribution in [-0.2, 0) is 21.4 Å². The summed E-state index contributed by atoms with van der Waals surface area (Å²) in [5.74, 6) is -1.28. The highest BCUT2D eigenvalue weighted by atomic mass is 32.2. The zero-order valence-electron chi connectivity index (χ0n) is 18.2. The van der Waals surface area contributed by atoms with Gasteiger partial charge < -0.3 is 15.2 Å². The summed E-state index contributed by atoms with van der Waals surface area (Å²) in [4.78, 5) is 23.4. The van der Waals surface area contributed by atoms with Crippen molar-refractivity contribution in [1.29, 1.82) is 0 Å². The second kappa shape index (κ2) is 10.2. The summed E-state index contributed by atoms with van der Waals surface area (Å²) >= 11 is 0. The first-order valence-electron chi connectivity index (χ1n) is 10.1. The molecule has 3 aromatic carbocycles. The molecule has 0 bridgehead atoms. The van der Waals surface area contributed by atoms with Gasteiger partial charge in [0.2, 0.25) is 0 Å². The lowest BCUT2D eigenvalue weighted by molar-refractivity contribution is -0.139. The highest BCUT2D eigenvalue weighted by Crippen LogP contribution is 2.25. The number of carbonyl (C=O) groups excluding carboxylic acids is 1. The zero-order valence-corrected chi connectivity index (χ0v) is 19.0. The van der Waals surface area contributed by atoms with Crippen LogP contribution in [0.15, 0.2) is 71.6 Å². The number of hydrogen-bond donors (Lipinski definition) is 3. The maximum atomic E-state index is 12.9. The number of benzene rings is 3. The number of ether oxygens (including phenoxy) is 1. The van der Waals surface area contributed by atoms with Crippen LogP contribution in [0.3, 0.4) is 0 Å². The van der Waals surface area contributed by atoms with E-state index in [4.69, 9.17) is 9.84 Å². The Balaban J connectivity index is 1.76. The number of carboxylic acids is 1. The Morgan fingerprint density at radius 1 is 0.970 bits per heavy atom. The van der Waals surface area contributed by atoms with Crippen LogP contribution in [0.25, 0.3) is 0 Å². The van der Waals surface area contributed by atoms with E-state index in [0.717, 1.165) is 11.1 Å². The monoisotopic (exact) mass is 468 g/mol. The SMILES string of the molecule is Cc1ccc(CNC(=O)c2ccccc2NS(=O)(=O)c2ccc(OCC(=O)O)c(C)c2)cc1. The lowest BCUT2D eigenvalue weighted by Crippen LogP contribution is -2.25. The van der Waals surface area contributed by atoms with Gasteiger partial charge in [0.05, 0.1) is 16.1 Å². The molecule has 0 saturated carbocycles. The van der Waals surface area contributed by atoms with Crippen molar-refractivity contribution in [3.05, 3.63) is 89.0 Å². The number of carbonyl (C=O) groups is 2. The first kappa shape index (κ1) is 23.8. The second-order valence-electron chi connectivity index (χ2n) is 7.43. The first-order chi connectivity index (χ1) is 15.7. The third-order valence-corrected chi connectivity index (χ3v) is 6.16. The number of para-hydroxylation sites is 1. The molecule has 0 unspecified atom stereocenters. The average Bonchev–Trinajstić information content (AvgIpc) is 2.77. The Morgan fingerprint density at radius 3 is 2.33 bits per heavy atom. The highest BCUT2D eigenvalue weighted by molar-refractivity contribution is 7.92. The fourth-order valence-electron chi connectivity index (χ4n) is 3.05. The Bertz CT molecular complexity index is 1270. The molecule has 0 aliphatic carbocycles. The molecule has 8 nitrogen and oxygen atoms in total. The van der Waals surface area contributed by atoms with E-state index in [0.29, 0.717) is 12.1 Å². The van der Waals surface area contributed by atoms with Crippen molar-refractivity contribution in [2.24, 2.45) is 0 Å². The summed E-state index contributed by atoms with van der Waals surface area (Å²) in [5.41, 5.74) is 2.83. The molecule has 0 spiro atoms. The predicted octanol–water partition coefficient (Wildman–Crippen LogP) is 3.50. The number of amides is 1. The van der Waals surface area contributed by atoms with Gasteiger partial charge in [-0.1, -0.05) is 42.0 Å². The Hall–Kier alpha value is -3.85. The van der Waals surface area contributed by atoms with Crippen LogP contribution in [0.4, 0.5) is 5.69 Å². The molecule has 0 atom stereocenters. The number of aliphatic carboxylic acids is 1. The number of sulfonamides is 1. The summed E-state index contributed by atoms with van der Waals surface area (Å²) in [6, 6.07) is 18.1. The van der Waals surface area contributed by atoms with E-state index in [2.05, 4.69) is 10.0 Å². The van der Waals surface area contributed by atoms with Gasteiger partial charge in [-0.25, -0.2) is 13.2 Å². The van der Waals surface area contributed by atoms with Gasteiger partial charge in [-0.2, -0.15) is 0 Å². The van der Waals surface area contributed by atoms with Crippen molar-refractivity contribution in [3.8, 4) is 5.75 Å². The molecule has 0 fully saturated rings. The molecule has 33 heavy (non-hydrogen) atoms. The minimum Gasteiger partial charge on any atom is -0.482 e. The van der Waals surface area contributed by atoms with E-state index >= 15 is 0 Å². The van der Waals surface area contributed by atoms with Crippen LogP contribution >= 0.6 is 0 Å². The Morgan fingerprint density at radius 2 is 1.67 bits per heavy atom. The van der Waals surface area contributed by atoms with Crippen molar-refractivity contribution in [2.75, 3.05) is 11.3 Å². The summed E-state index contributed by atoms with van der Waals surface area (Å²) in [6.45, 7) is 3.36. The normalized spacial score (nSPS) is 11.0. The molecular weight excluding hydrogens is 444 g/mol. The van der Waals surface area contributed by atoms with E-state index in [9.17, 15) is 18.0 Å². The van der Waals surface area contributed by atoms with Gasteiger partial charge in [0, 0.05) is 6.54 Å². The maximum absolute atomic E-state index is 12.9. The number of anilines is 1. The fraction of sp³-hybridized carbons (Fsp3) is 0.167. The van der Waals surface area contributed by atoms with Crippen LogP contribution in [-0.4, -0.2) is 32.0 Å². The lowest BCUT2D eigenvalue weighted by Gasteiger charge is -2.14. The molecule has 9 heteroatoms. The molecule has 0 radical (unpaired) electrons. The first-order valence-corrected chi connectivity index (χ1v) is 11.5. The van der Waals surface area contributed by atoms with Gasteiger partial charge in [0.1, 0.15) is 5.75 Å². The molecule has 0 aromatic heterocycles. The second-order valence-corrected chi connectivity index (χ2v) is 9.11. The van der Waals surface area contributed by atoms with Crippen molar-refractivity contribution in [3.63, 3.8) is 0 Å². The van der Waals surface area contributed by atoms with Crippen LogP contribution < -0.4 is 14.8 Å². The number of aryl methyl sites for hydroxylation is 2. The molecule has 1 amide bonds. The quantitative estimate of drug-likeness (QED) is 0.442. The van der Waals surface area contributed by atoms with Gasteiger partial charge in [0.15, 0.2) is 6.61 Å². The van der Waals surface area contributed by atoms with Gasteiger partial charge in [0.25, 0.3) is 15.9 Å². The molecule has 3 aromatic rings. The summed E-state index contributed by atoms with van der Waals surface area (Å²) < 4.78 is 33.5. The van der Waals surface area contributed by atoms with Crippen LogP contribution in [0, 0.1) is 13.8 Å². The molecule has 0 aliphatic heterocycles. The van der Waals surface area contributed by atoms with Crippen LogP contribution in [0.2, 0.25) is 0 Å². The van der Waals surface area contributed by atoms with Crippen LogP contribution in [0.5, 0.6) is 5.75 Å². The standard InChI is InChI=1S/C24H24N2O6S/c1-16-7-9-18(10-8-16)14-25-24(29)20-5-3-4-6-21(20)26-33(30,31)19-11-12-22(17(2)13-19)32-15-23(27)28/h3-13,26H,14-15H2,1-2H3,(H,25,29)(H,27,28). The number of hydrogen-bond acceptors (Lipinski definition) is 5. The van der Waals surface area contributed by atoms with E-state index in [1.54, 1.807) is 19.1 Å². The van der Waals surface area contributed by atoms with E-state index in [-0.39, 0.29) is 21.9 Å². The Kier molecular flexibility index (Phi) is 7.34. The summed E-state index contributed by atoms with van der Waals surface area (Å²) in [5, 5.41) is 11.5. The predicted molar refractivity (Wildman–Crippen MR) is 124 cm³/mol. The molecule has 0 heterocycles.